The van der Waals surface area contributed by atoms with Crippen molar-refractivity contribution in [2.75, 3.05) is 20.3 Å². The van der Waals surface area contributed by atoms with E-state index in [1.807, 2.05) is 39.0 Å². The number of carbonyl (C=O) groups excluding carboxylic acids is 1. The van der Waals surface area contributed by atoms with Crippen LogP contribution >= 0.6 is 23.1 Å². The number of fused-ring (bicyclic) bond motifs is 1. The molecule has 0 bridgehead atoms. The van der Waals surface area contributed by atoms with Crippen molar-refractivity contribution in [2.24, 2.45) is 0 Å². The number of thioether (sulfide) groups is 1. The number of thiophene rings is 1. The minimum absolute atomic E-state index is 0.00828. The van der Waals surface area contributed by atoms with Gasteiger partial charge in [0.05, 0.1) is 35.2 Å². The van der Waals surface area contributed by atoms with E-state index in [2.05, 4.69) is 15.0 Å². The molecule has 0 aliphatic carbocycles. The molecule has 0 saturated heterocycles. The molecule has 9 heteroatoms. The number of carbonyl (C=O) groups is 1. The van der Waals surface area contributed by atoms with Crippen LogP contribution in [0, 0.1) is 13.8 Å². The Hall–Kier alpha value is -2.23. The maximum Gasteiger partial charge on any atom is 0.259 e. The van der Waals surface area contributed by atoms with Gasteiger partial charge in [0.25, 0.3) is 5.56 Å². The highest BCUT2D eigenvalue weighted by atomic mass is 32.2. The Morgan fingerprint density at radius 1 is 1.37 bits per heavy atom. The number of hydrogen-bond donors (Lipinski definition) is 1. The molecule has 1 N–H and O–H groups in total. The summed E-state index contributed by atoms with van der Waals surface area (Å²) in [7, 11) is 1.62. The molecule has 0 fully saturated rings. The van der Waals surface area contributed by atoms with Crippen molar-refractivity contribution >= 4 is 39.2 Å². The molecule has 160 valence electrons. The highest BCUT2D eigenvalue weighted by Crippen LogP contribution is 2.26. The minimum atomic E-state index is -0.293. The summed E-state index contributed by atoms with van der Waals surface area (Å²) in [6, 6.07) is 5.66. The highest BCUT2D eigenvalue weighted by Gasteiger charge is 2.22. The van der Waals surface area contributed by atoms with Crippen molar-refractivity contribution in [1.29, 1.82) is 0 Å². The molecular formula is C21H26N4O3S2. The van der Waals surface area contributed by atoms with Gasteiger partial charge in [0.2, 0.25) is 5.91 Å². The van der Waals surface area contributed by atoms with E-state index in [-0.39, 0.29) is 16.7 Å². The van der Waals surface area contributed by atoms with E-state index in [4.69, 9.17) is 4.74 Å². The van der Waals surface area contributed by atoms with Crippen LogP contribution in [-0.2, 0) is 21.8 Å². The second-order valence-electron chi connectivity index (χ2n) is 7.00. The zero-order valence-corrected chi connectivity index (χ0v) is 19.2. The summed E-state index contributed by atoms with van der Waals surface area (Å²) in [6.07, 6.45) is 1.72. The van der Waals surface area contributed by atoms with E-state index in [0.29, 0.717) is 36.7 Å². The third-order valence-electron chi connectivity index (χ3n) is 4.86. The van der Waals surface area contributed by atoms with Crippen LogP contribution in [0.25, 0.3) is 10.2 Å². The summed E-state index contributed by atoms with van der Waals surface area (Å²) >= 11 is 2.98. The fourth-order valence-electron chi connectivity index (χ4n) is 3.06. The maximum atomic E-state index is 13.0. The average molecular weight is 447 g/mol. The van der Waals surface area contributed by atoms with Crippen molar-refractivity contribution < 1.29 is 9.53 Å². The lowest BCUT2D eigenvalue weighted by Crippen LogP contribution is -2.38. The van der Waals surface area contributed by atoms with E-state index in [0.717, 1.165) is 21.0 Å². The number of ether oxygens (including phenoxy) is 1. The highest BCUT2D eigenvalue weighted by molar-refractivity contribution is 7.99. The number of H-pyrrole nitrogens is 1. The lowest BCUT2D eigenvalue weighted by Gasteiger charge is -2.25. The van der Waals surface area contributed by atoms with Crippen LogP contribution in [0.15, 0.2) is 29.2 Å². The summed E-state index contributed by atoms with van der Waals surface area (Å²) in [6.45, 7) is 7.19. The van der Waals surface area contributed by atoms with Gasteiger partial charge in [-0.1, -0.05) is 6.07 Å². The normalized spacial score (nSPS) is 12.3. The fourth-order valence-corrected chi connectivity index (χ4v) is 4.94. The number of aromatic amines is 1. The average Bonchev–Trinajstić information content (AvgIpc) is 3.03. The van der Waals surface area contributed by atoms with E-state index in [1.165, 1.54) is 23.1 Å². The predicted octanol–water partition coefficient (Wildman–Crippen LogP) is 3.29. The standard InChI is InChI=1S/C21H26N4O3S2/c1-13-14(2)30-20-18(13)19(26)23-17(24-20)12-29-15(3)21(27)25(9-10-28-4)11-16-7-5-6-8-22-16/h5-8,15H,9-12H2,1-4H3,(H,23,24,26). The van der Waals surface area contributed by atoms with Crippen LogP contribution in [0.4, 0.5) is 0 Å². The molecule has 3 rings (SSSR count). The number of nitrogens with zero attached hydrogens (tertiary/aromatic N) is 3. The maximum absolute atomic E-state index is 13.0. The Morgan fingerprint density at radius 3 is 2.87 bits per heavy atom. The van der Waals surface area contributed by atoms with Crippen LogP contribution in [-0.4, -0.2) is 51.3 Å². The zero-order chi connectivity index (χ0) is 21.7. The molecule has 3 heterocycles. The van der Waals surface area contributed by atoms with E-state index in [1.54, 1.807) is 18.2 Å². The topological polar surface area (TPSA) is 88.2 Å². The van der Waals surface area contributed by atoms with Crippen molar-refractivity contribution in [3.63, 3.8) is 0 Å². The molecule has 3 aromatic rings. The summed E-state index contributed by atoms with van der Waals surface area (Å²) in [4.78, 5) is 40.9. The lowest BCUT2D eigenvalue weighted by molar-refractivity contribution is -0.131. The van der Waals surface area contributed by atoms with Gasteiger partial charge in [0, 0.05) is 24.7 Å². The molecule has 0 aliphatic heterocycles. The summed E-state index contributed by atoms with van der Waals surface area (Å²) < 4.78 is 5.17. The first-order chi connectivity index (χ1) is 14.4. The van der Waals surface area contributed by atoms with Gasteiger partial charge in [-0.15, -0.1) is 23.1 Å². The van der Waals surface area contributed by atoms with Crippen LogP contribution in [0.1, 0.15) is 28.9 Å². The van der Waals surface area contributed by atoms with Gasteiger partial charge >= 0.3 is 0 Å². The van der Waals surface area contributed by atoms with Gasteiger partial charge in [0.15, 0.2) is 0 Å². The van der Waals surface area contributed by atoms with Crippen LogP contribution in [0.3, 0.4) is 0 Å². The molecule has 7 nitrogen and oxygen atoms in total. The summed E-state index contributed by atoms with van der Waals surface area (Å²) in [5.41, 5.74) is 1.70. The van der Waals surface area contributed by atoms with Gasteiger partial charge in [-0.05, 0) is 38.5 Å². The third-order valence-corrected chi connectivity index (χ3v) is 7.10. The summed E-state index contributed by atoms with van der Waals surface area (Å²) in [5.74, 6) is 1.05. The number of hydrogen-bond acceptors (Lipinski definition) is 7. The SMILES string of the molecule is COCCN(Cc1ccccn1)C(=O)C(C)SCc1nc2sc(C)c(C)c2c(=O)[nH]1. The quantitative estimate of drug-likeness (QED) is 0.543. The van der Waals surface area contributed by atoms with Crippen LogP contribution in [0.2, 0.25) is 0 Å². The molecular weight excluding hydrogens is 420 g/mol. The first kappa shape index (κ1) is 22.5. The van der Waals surface area contributed by atoms with Crippen molar-refractivity contribution in [2.45, 2.75) is 38.3 Å². The molecule has 30 heavy (non-hydrogen) atoms. The molecule has 0 radical (unpaired) electrons. The van der Waals surface area contributed by atoms with Gasteiger partial charge in [-0.3, -0.25) is 14.6 Å². The van der Waals surface area contributed by atoms with Gasteiger partial charge in [0.1, 0.15) is 10.7 Å². The Bertz CT molecular complexity index is 1070. The number of pyridine rings is 1. The Kier molecular flexibility index (Phi) is 7.63. The van der Waals surface area contributed by atoms with Gasteiger partial charge in [-0.2, -0.15) is 0 Å². The largest absolute Gasteiger partial charge is 0.383 e. The van der Waals surface area contributed by atoms with Gasteiger partial charge < -0.3 is 14.6 Å². The number of amides is 1. The molecule has 1 unspecified atom stereocenters. The van der Waals surface area contributed by atoms with E-state index >= 15 is 0 Å². The molecule has 0 saturated carbocycles. The third kappa shape index (κ3) is 5.27. The first-order valence-electron chi connectivity index (χ1n) is 9.68. The van der Waals surface area contributed by atoms with Crippen LogP contribution < -0.4 is 5.56 Å². The van der Waals surface area contributed by atoms with E-state index in [9.17, 15) is 9.59 Å². The second kappa shape index (κ2) is 10.2. The van der Waals surface area contributed by atoms with Gasteiger partial charge in [-0.25, -0.2) is 4.98 Å². The summed E-state index contributed by atoms with van der Waals surface area (Å²) in [5, 5.41) is 0.370. The lowest BCUT2D eigenvalue weighted by atomic mass is 10.2. The van der Waals surface area contributed by atoms with Crippen molar-refractivity contribution in [3.05, 3.63) is 56.7 Å². The number of methoxy groups -OCH3 is 1. The number of rotatable bonds is 9. The molecule has 0 aliphatic rings. The second-order valence-corrected chi connectivity index (χ2v) is 9.54. The Balaban J connectivity index is 1.68. The van der Waals surface area contributed by atoms with Crippen LogP contribution in [0.5, 0.6) is 0 Å². The predicted molar refractivity (Wildman–Crippen MR) is 122 cm³/mol. The monoisotopic (exact) mass is 446 g/mol. The molecule has 0 spiro atoms. The Morgan fingerprint density at radius 2 is 2.17 bits per heavy atom. The number of aromatic nitrogens is 3. The van der Waals surface area contributed by atoms with Crippen molar-refractivity contribution in [1.82, 2.24) is 19.9 Å². The first-order valence-corrected chi connectivity index (χ1v) is 11.5. The molecule has 1 amide bonds. The number of aryl methyl sites for hydroxylation is 2. The minimum Gasteiger partial charge on any atom is -0.383 e. The molecule has 1 atom stereocenters. The Labute approximate surface area is 183 Å². The fraction of sp³-hybridized carbons (Fsp3) is 0.429. The zero-order valence-electron chi connectivity index (χ0n) is 17.6. The molecule has 0 aromatic carbocycles. The molecule has 3 aromatic heterocycles. The van der Waals surface area contributed by atoms with E-state index < -0.39 is 0 Å². The smallest absolute Gasteiger partial charge is 0.259 e. The van der Waals surface area contributed by atoms with Crippen molar-refractivity contribution in [3.8, 4) is 0 Å². The number of nitrogens with one attached hydrogen (secondary N) is 1.